The molecule has 0 spiro atoms. The van der Waals surface area contributed by atoms with E-state index in [1.165, 1.54) is 11.2 Å². The third-order valence-corrected chi connectivity index (χ3v) is 3.22. The van der Waals surface area contributed by atoms with Crippen LogP contribution in [0.25, 0.3) is 5.52 Å². The second-order valence-corrected chi connectivity index (χ2v) is 4.62. The van der Waals surface area contributed by atoms with E-state index in [1.807, 2.05) is 36.4 Å². The van der Waals surface area contributed by atoms with Crippen molar-refractivity contribution in [2.24, 2.45) is 0 Å². The second-order valence-electron chi connectivity index (χ2n) is 4.18. The molecule has 0 radical (unpaired) electrons. The molecule has 2 aromatic heterocycles. The average molecular weight is 257 g/mol. The number of nitrogens with one attached hydrogen (secondary N) is 1. The van der Waals surface area contributed by atoms with Crippen molar-refractivity contribution in [2.45, 2.75) is 6.54 Å². The lowest BCUT2D eigenvalue weighted by Crippen LogP contribution is -2.02. The highest BCUT2D eigenvalue weighted by Gasteiger charge is 2.00. The van der Waals surface area contributed by atoms with Gasteiger partial charge in [-0.3, -0.25) is 0 Å². The van der Waals surface area contributed by atoms with Crippen molar-refractivity contribution in [3.63, 3.8) is 0 Å². The fourth-order valence-electron chi connectivity index (χ4n) is 2.02. The first-order valence-electron chi connectivity index (χ1n) is 5.87. The summed E-state index contributed by atoms with van der Waals surface area (Å²) in [7, 11) is 0. The Kier molecular flexibility index (Phi) is 2.95. The summed E-state index contributed by atoms with van der Waals surface area (Å²) in [6.07, 6.45) is 2.08. The van der Waals surface area contributed by atoms with Crippen molar-refractivity contribution in [3.8, 4) is 0 Å². The number of pyridine rings is 1. The Balaban J connectivity index is 1.79. The smallest absolute Gasteiger partial charge is 0.0556 e. The summed E-state index contributed by atoms with van der Waals surface area (Å²) < 4.78 is 2.18. The number of halogens is 1. The molecule has 2 nitrogen and oxygen atoms in total. The van der Waals surface area contributed by atoms with Crippen LogP contribution < -0.4 is 5.32 Å². The van der Waals surface area contributed by atoms with Crippen molar-refractivity contribution in [1.82, 2.24) is 4.40 Å². The Bertz CT molecular complexity index is 656. The normalized spacial score (nSPS) is 10.7. The molecule has 1 aromatic carbocycles. The average Bonchev–Trinajstić information content (AvgIpc) is 2.82. The third-order valence-electron chi connectivity index (χ3n) is 2.97. The lowest BCUT2D eigenvalue weighted by Gasteiger charge is -2.07. The van der Waals surface area contributed by atoms with Gasteiger partial charge in [-0.25, -0.2) is 0 Å². The Morgan fingerprint density at radius 1 is 0.944 bits per heavy atom. The summed E-state index contributed by atoms with van der Waals surface area (Å²) in [5.41, 5.74) is 3.52. The summed E-state index contributed by atoms with van der Waals surface area (Å²) in [5, 5.41) is 4.14. The van der Waals surface area contributed by atoms with Crippen LogP contribution >= 0.6 is 11.6 Å². The lowest BCUT2D eigenvalue weighted by atomic mass is 10.3. The van der Waals surface area contributed by atoms with Gasteiger partial charge in [-0.2, -0.15) is 0 Å². The minimum atomic E-state index is 0.758. The van der Waals surface area contributed by atoms with Gasteiger partial charge in [0.1, 0.15) is 0 Å². The van der Waals surface area contributed by atoms with Gasteiger partial charge in [0.05, 0.1) is 6.54 Å². The molecule has 0 amide bonds. The number of fused-ring (bicyclic) bond motifs is 1. The molecule has 0 bridgehead atoms. The van der Waals surface area contributed by atoms with Crippen molar-refractivity contribution in [2.75, 3.05) is 5.32 Å². The van der Waals surface area contributed by atoms with Gasteiger partial charge >= 0.3 is 0 Å². The first-order chi connectivity index (χ1) is 8.83. The number of aromatic nitrogens is 1. The Hall–Kier alpha value is -1.93. The third kappa shape index (κ3) is 2.20. The van der Waals surface area contributed by atoms with Gasteiger partial charge in [0, 0.05) is 28.1 Å². The maximum atomic E-state index is 5.86. The van der Waals surface area contributed by atoms with Gasteiger partial charge in [-0.05, 0) is 48.5 Å². The van der Waals surface area contributed by atoms with E-state index in [1.54, 1.807) is 0 Å². The van der Waals surface area contributed by atoms with Crippen LogP contribution in [0.3, 0.4) is 0 Å². The van der Waals surface area contributed by atoms with Gasteiger partial charge in [-0.1, -0.05) is 17.7 Å². The number of anilines is 1. The van der Waals surface area contributed by atoms with E-state index in [9.17, 15) is 0 Å². The van der Waals surface area contributed by atoms with Crippen LogP contribution in [0, 0.1) is 0 Å². The van der Waals surface area contributed by atoms with E-state index in [2.05, 4.69) is 34.1 Å². The van der Waals surface area contributed by atoms with Crippen molar-refractivity contribution >= 4 is 22.8 Å². The molecule has 3 aromatic rings. The van der Waals surface area contributed by atoms with Crippen LogP contribution in [0.15, 0.2) is 60.8 Å². The maximum Gasteiger partial charge on any atom is 0.0556 e. The molecule has 3 rings (SSSR count). The molecule has 0 saturated carbocycles. The van der Waals surface area contributed by atoms with Crippen LogP contribution in [0.2, 0.25) is 5.02 Å². The molecule has 0 aliphatic heterocycles. The van der Waals surface area contributed by atoms with E-state index in [4.69, 9.17) is 11.6 Å². The first kappa shape index (κ1) is 11.2. The number of hydrogen-bond donors (Lipinski definition) is 1. The number of hydrogen-bond acceptors (Lipinski definition) is 1. The summed E-state index contributed by atoms with van der Waals surface area (Å²) >= 11 is 5.86. The molecule has 0 fully saturated rings. The molecule has 18 heavy (non-hydrogen) atoms. The predicted molar refractivity (Wildman–Crippen MR) is 76.2 cm³/mol. The molecule has 0 aliphatic rings. The molecule has 2 heterocycles. The Morgan fingerprint density at radius 3 is 2.61 bits per heavy atom. The molecular weight excluding hydrogens is 244 g/mol. The number of nitrogens with zero attached hydrogens (tertiary/aromatic N) is 1. The molecule has 90 valence electrons. The first-order valence-corrected chi connectivity index (χ1v) is 6.25. The summed E-state index contributed by atoms with van der Waals surface area (Å²) in [5.74, 6) is 0. The van der Waals surface area contributed by atoms with Gasteiger partial charge in [0.2, 0.25) is 0 Å². The molecule has 0 saturated heterocycles. The highest BCUT2D eigenvalue weighted by atomic mass is 35.5. The molecule has 0 aliphatic carbocycles. The van der Waals surface area contributed by atoms with Crippen molar-refractivity contribution in [1.29, 1.82) is 0 Å². The minimum absolute atomic E-state index is 0.758. The zero-order chi connectivity index (χ0) is 12.4. The van der Waals surface area contributed by atoms with Gasteiger partial charge in [-0.15, -0.1) is 0 Å². The standard InChI is InChI=1S/C15H13ClN2/c16-12-4-6-13(7-5-12)17-11-15-9-8-14-3-1-2-10-18(14)15/h1-10,17H,11H2. The maximum absolute atomic E-state index is 5.86. The molecule has 1 N–H and O–H groups in total. The largest absolute Gasteiger partial charge is 0.379 e. The monoisotopic (exact) mass is 256 g/mol. The fraction of sp³-hybridized carbons (Fsp3) is 0.0667. The van der Waals surface area contributed by atoms with E-state index in [-0.39, 0.29) is 0 Å². The van der Waals surface area contributed by atoms with Crippen LogP contribution in [-0.2, 0) is 6.54 Å². The molecule has 0 atom stereocenters. The van der Waals surface area contributed by atoms with Crippen molar-refractivity contribution < 1.29 is 0 Å². The van der Waals surface area contributed by atoms with E-state index < -0.39 is 0 Å². The second kappa shape index (κ2) is 4.75. The molecule has 0 unspecified atom stereocenters. The SMILES string of the molecule is Clc1ccc(NCc2ccc3ccccn23)cc1. The van der Waals surface area contributed by atoms with E-state index in [0.717, 1.165) is 17.3 Å². The van der Waals surface area contributed by atoms with E-state index >= 15 is 0 Å². The van der Waals surface area contributed by atoms with Crippen LogP contribution in [0.1, 0.15) is 5.69 Å². The van der Waals surface area contributed by atoms with Crippen molar-refractivity contribution in [3.05, 3.63) is 71.5 Å². The molecular formula is C15H13ClN2. The summed E-state index contributed by atoms with van der Waals surface area (Å²) in [4.78, 5) is 0. The highest BCUT2D eigenvalue weighted by molar-refractivity contribution is 6.30. The van der Waals surface area contributed by atoms with Crippen LogP contribution in [0.5, 0.6) is 0 Å². The van der Waals surface area contributed by atoms with Gasteiger partial charge < -0.3 is 9.72 Å². The minimum Gasteiger partial charge on any atom is -0.379 e. The zero-order valence-electron chi connectivity index (χ0n) is 9.81. The Labute approximate surface area is 111 Å². The van der Waals surface area contributed by atoms with Gasteiger partial charge in [0.15, 0.2) is 0 Å². The number of benzene rings is 1. The lowest BCUT2D eigenvalue weighted by molar-refractivity contribution is 1.00. The Morgan fingerprint density at radius 2 is 1.78 bits per heavy atom. The predicted octanol–water partition coefficient (Wildman–Crippen LogP) is 4.20. The topological polar surface area (TPSA) is 16.4 Å². The quantitative estimate of drug-likeness (QED) is 0.743. The van der Waals surface area contributed by atoms with Crippen LogP contribution in [0.4, 0.5) is 5.69 Å². The number of rotatable bonds is 3. The fourth-order valence-corrected chi connectivity index (χ4v) is 2.15. The summed E-state index contributed by atoms with van der Waals surface area (Å²) in [6.45, 7) is 0.791. The molecule has 3 heteroatoms. The highest BCUT2D eigenvalue weighted by Crippen LogP contribution is 2.15. The van der Waals surface area contributed by atoms with E-state index in [0.29, 0.717) is 0 Å². The zero-order valence-corrected chi connectivity index (χ0v) is 10.6. The summed E-state index contributed by atoms with van der Waals surface area (Å²) in [6, 6.07) is 18.2. The van der Waals surface area contributed by atoms with Gasteiger partial charge in [0.25, 0.3) is 0 Å². The van der Waals surface area contributed by atoms with Crippen LogP contribution in [-0.4, -0.2) is 4.40 Å².